The molecule has 0 saturated heterocycles. The zero-order chi connectivity index (χ0) is 19.4. The Morgan fingerprint density at radius 1 is 1.23 bits per heavy atom. The molecule has 26 heavy (non-hydrogen) atoms. The number of amides is 5. The van der Waals surface area contributed by atoms with Crippen LogP contribution in [0.15, 0.2) is 18.2 Å². The molecule has 0 aliphatic carbocycles. The lowest BCUT2D eigenvalue weighted by Crippen LogP contribution is -2.41. The van der Waals surface area contributed by atoms with Crippen molar-refractivity contribution in [3.8, 4) is 0 Å². The smallest absolute Gasteiger partial charge is 0.326 e. The molecule has 2 rings (SSSR count). The van der Waals surface area contributed by atoms with Crippen molar-refractivity contribution in [2.24, 2.45) is 0 Å². The van der Waals surface area contributed by atoms with Gasteiger partial charge in [0.25, 0.3) is 23.4 Å². The Balaban J connectivity index is 2.04. The number of nitro groups is 1. The maximum Gasteiger partial charge on any atom is 0.326 e. The quantitative estimate of drug-likeness (QED) is 0.296. The van der Waals surface area contributed by atoms with Crippen molar-refractivity contribution in [2.45, 2.75) is 0 Å². The monoisotopic (exact) mass is 364 g/mol. The molecule has 1 aliphatic rings. The van der Waals surface area contributed by atoms with Gasteiger partial charge in [0, 0.05) is 13.1 Å². The van der Waals surface area contributed by atoms with Crippen LogP contribution in [0.3, 0.4) is 0 Å². The summed E-state index contributed by atoms with van der Waals surface area (Å²) in [6, 6.07) is 2.73. The Kier molecular flexibility index (Phi) is 5.25. The molecule has 12 nitrogen and oxygen atoms in total. The number of esters is 1. The first-order chi connectivity index (χ1) is 12.3. The summed E-state index contributed by atoms with van der Waals surface area (Å²) >= 11 is 0. The number of hydrogen-bond acceptors (Lipinski definition) is 8. The van der Waals surface area contributed by atoms with Gasteiger partial charge in [0.2, 0.25) is 0 Å². The highest BCUT2D eigenvalue weighted by Crippen LogP contribution is 2.30. The predicted molar refractivity (Wildman–Crippen MR) is 82.0 cm³/mol. The van der Waals surface area contributed by atoms with Gasteiger partial charge in [-0.1, -0.05) is 6.07 Å². The molecule has 1 aromatic carbocycles. The molecule has 0 bridgehead atoms. The van der Waals surface area contributed by atoms with Crippen molar-refractivity contribution in [3.05, 3.63) is 39.4 Å². The van der Waals surface area contributed by atoms with Crippen LogP contribution in [0, 0.1) is 10.1 Å². The van der Waals surface area contributed by atoms with Gasteiger partial charge in [-0.2, -0.15) is 0 Å². The number of carbonyl (C=O) groups excluding carboxylic acids is 5. The number of carbonyl (C=O) groups is 5. The zero-order valence-corrected chi connectivity index (χ0v) is 13.3. The molecule has 0 unspecified atom stereocenters. The van der Waals surface area contributed by atoms with Crippen LogP contribution in [0.5, 0.6) is 0 Å². The van der Waals surface area contributed by atoms with E-state index in [-0.39, 0.29) is 5.56 Å². The van der Waals surface area contributed by atoms with Gasteiger partial charge in [0.15, 0.2) is 6.61 Å². The average Bonchev–Trinajstić information content (AvgIpc) is 2.84. The second-order valence-electron chi connectivity index (χ2n) is 4.94. The minimum atomic E-state index is -1.10. The van der Waals surface area contributed by atoms with Gasteiger partial charge < -0.3 is 10.1 Å². The van der Waals surface area contributed by atoms with E-state index in [4.69, 9.17) is 0 Å². The van der Waals surface area contributed by atoms with E-state index in [1.807, 2.05) is 5.32 Å². The molecule has 0 fully saturated rings. The Bertz CT molecular complexity index is 834. The molecule has 0 spiro atoms. The summed E-state index contributed by atoms with van der Waals surface area (Å²) in [5.74, 6) is -3.92. The van der Waals surface area contributed by atoms with E-state index in [1.165, 1.54) is 19.2 Å². The van der Waals surface area contributed by atoms with Crippen molar-refractivity contribution in [3.63, 3.8) is 0 Å². The first-order valence-corrected chi connectivity index (χ1v) is 7.07. The third kappa shape index (κ3) is 3.63. The van der Waals surface area contributed by atoms with Crippen molar-refractivity contribution < 1.29 is 33.6 Å². The van der Waals surface area contributed by atoms with Crippen LogP contribution in [0.4, 0.5) is 10.5 Å². The summed E-state index contributed by atoms with van der Waals surface area (Å²) in [5.41, 5.74) is -1.16. The molecule has 5 amide bonds. The van der Waals surface area contributed by atoms with Crippen LogP contribution in [0.2, 0.25) is 0 Å². The molecule has 0 radical (unpaired) electrons. The molecule has 136 valence electrons. The van der Waals surface area contributed by atoms with Gasteiger partial charge in [-0.05, 0) is 6.07 Å². The SMILES string of the molecule is CNC(=O)NC(=O)COC(=O)CN1C(=O)c2cccc([N+](=O)[O-])c2C1=O. The highest BCUT2D eigenvalue weighted by Gasteiger charge is 2.41. The van der Waals surface area contributed by atoms with E-state index < -0.39 is 59.0 Å². The van der Waals surface area contributed by atoms with E-state index >= 15 is 0 Å². The first kappa shape index (κ1) is 18.5. The number of nitrogens with one attached hydrogen (secondary N) is 2. The molecule has 2 N–H and O–H groups in total. The molecule has 0 atom stereocenters. The summed E-state index contributed by atoms with van der Waals surface area (Å²) < 4.78 is 4.57. The Hall–Kier alpha value is -3.83. The number of rotatable bonds is 5. The van der Waals surface area contributed by atoms with E-state index in [0.29, 0.717) is 4.90 Å². The van der Waals surface area contributed by atoms with Gasteiger partial charge in [-0.15, -0.1) is 0 Å². The van der Waals surface area contributed by atoms with Gasteiger partial charge in [0.1, 0.15) is 12.1 Å². The second-order valence-corrected chi connectivity index (χ2v) is 4.94. The number of nitro benzene ring substituents is 1. The van der Waals surface area contributed by atoms with E-state index in [1.54, 1.807) is 0 Å². The normalized spacial score (nSPS) is 12.4. The van der Waals surface area contributed by atoms with E-state index in [0.717, 1.165) is 6.07 Å². The number of fused-ring (bicyclic) bond motifs is 1. The fourth-order valence-electron chi connectivity index (χ4n) is 2.16. The van der Waals surface area contributed by atoms with Gasteiger partial charge in [-0.25, -0.2) is 4.79 Å². The molecule has 1 heterocycles. The van der Waals surface area contributed by atoms with Gasteiger partial charge in [-0.3, -0.25) is 39.5 Å². The first-order valence-electron chi connectivity index (χ1n) is 7.07. The van der Waals surface area contributed by atoms with E-state index in [2.05, 4.69) is 10.1 Å². The van der Waals surface area contributed by atoms with Crippen LogP contribution < -0.4 is 10.6 Å². The molecule has 12 heteroatoms. The fourth-order valence-corrected chi connectivity index (χ4v) is 2.16. The Labute approximate surface area is 145 Å². The summed E-state index contributed by atoms with van der Waals surface area (Å²) in [7, 11) is 1.27. The molecule has 0 aromatic heterocycles. The largest absolute Gasteiger partial charge is 0.454 e. The molecule has 0 saturated carbocycles. The lowest BCUT2D eigenvalue weighted by molar-refractivity contribution is -0.385. The van der Waals surface area contributed by atoms with Crippen molar-refractivity contribution in [1.82, 2.24) is 15.5 Å². The second kappa shape index (κ2) is 7.38. The number of hydrogen-bond donors (Lipinski definition) is 2. The summed E-state index contributed by atoms with van der Waals surface area (Å²) in [5, 5.41) is 14.9. The number of benzene rings is 1. The predicted octanol–water partition coefficient (Wildman–Crippen LogP) is -0.810. The molecular formula is C14H12N4O8. The van der Waals surface area contributed by atoms with Crippen molar-refractivity contribution in [2.75, 3.05) is 20.2 Å². The highest BCUT2D eigenvalue weighted by molar-refractivity contribution is 6.24. The molecule has 1 aromatic rings. The summed E-state index contributed by atoms with van der Waals surface area (Å²) in [6.07, 6.45) is 0. The van der Waals surface area contributed by atoms with Gasteiger partial charge in [0.05, 0.1) is 10.5 Å². The number of urea groups is 1. The van der Waals surface area contributed by atoms with Crippen LogP contribution in [-0.2, 0) is 14.3 Å². The number of nitrogens with zero attached hydrogens (tertiary/aromatic N) is 2. The van der Waals surface area contributed by atoms with E-state index in [9.17, 15) is 34.1 Å². The van der Waals surface area contributed by atoms with Crippen LogP contribution >= 0.6 is 0 Å². The molecular weight excluding hydrogens is 352 g/mol. The standard InChI is InChI=1S/C14H12N4O8/c1-15-14(23)16-9(19)6-26-10(20)5-17-12(21)7-3-2-4-8(18(24)25)11(7)13(17)22/h2-4H,5-6H2,1H3,(H2,15,16,19,23). The van der Waals surface area contributed by atoms with Crippen LogP contribution in [0.25, 0.3) is 0 Å². The van der Waals surface area contributed by atoms with Crippen LogP contribution in [0.1, 0.15) is 20.7 Å². The number of imide groups is 2. The van der Waals surface area contributed by atoms with Crippen molar-refractivity contribution >= 4 is 35.4 Å². The Morgan fingerprint density at radius 3 is 2.54 bits per heavy atom. The zero-order valence-electron chi connectivity index (χ0n) is 13.3. The number of ether oxygens (including phenoxy) is 1. The summed E-state index contributed by atoms with van der Waals surface area (Å²) in [4.78, 5) is 69.0. The lowest BCUT2D eigenvalue weighted by atomic mass is 10.1. The maximum atomic E-state index is 12.3. The summed E-state index contributed by atoms with van der Waals surface area (Å²) in [6.45, 7) is -1.65. The maximum absolute atomic E-state index is 12.3. The highest BCUT2D eigenvalue weighted by atomic mass is 16.6. The third-order valence-corrected chi connectivity index (χ3v) is 3.31. The van der Waals surface area contributed by atoms with Crippen molar-refractivity contribution in [1.29, 1.82) is 0 Å². The minimum absolute atomic E-state index is 0.200. The lowest BCUT2D eigenvalue weighted by Gasteiger charge is -2.12. The third-order valence-electron chi connectivity index (χ3n) is 3.31. The Morgan fingerprint density at radius 2 is 1.92 bits per heavy atom. The fraction of sp³-hybridized carbons (Fsp3) is 0.214. The topological polar surface area (TPSA) is 165 Å². The average molecular weight is 364 g/mol. The molecule has 1 aliphatic heterocycles. The minimum Gasteiger partial charge on any atom is -0.454 e. The van der Waals surface area contributed by atoms with Gasteiger partial charge >= 0.3 is 12.0 Å². The van der Waals surface area contributed by atoms with Crippen LogP contribution in [-0.4, -0.2) is 59.7 Å².